The summed E-state index contributed by atoms with van der Waals surface area (Å²) in [6.07, 6.45) is 0.484. The molecule has 1 saturated heterocycles. The summed E-state index contributed by atoms with van der Waals surface area (Å²) in [7, 11) is 1.51. The molecule has 3 N–H and O–H groups in total. The fourth-order valence-electron chi connectivity index (χ4n) is 5.22. The number of anilines is 2. The first kappa shape index (κ1) is 27.9. The summed E-state index contributed by atoms with van der Waals surface area (Å²) in [5, 5.41) is 10.3. The van der Waals surface area contributed by atoms with Gasteiger partial charge in [-0.3, -0.25) is 33.8 Å². The van der Waals surface area contributed by atoms with Gasteiger partial charge in [0.25, 0.3) is 11.8 Å². The quantitative estimate of drug-likeness (QED) is 0.452. The summed E-state index contributed by atoms with van der Waals surface area (Å²) in [5.74, 6) is -5.75. The van der Waals surface area contributed by atoms with Crippen LogP contribution in [0.25, 0.3) is 0 Å². The first-order chi connectivity index (χ1) is 19.6. The minimum atomic E-state index is -1.31. The fraction of sp³-hybridized carbons (Fsp3) is 0.321. The predicted molar refractivity (Wildman–Crippen MR) is 144 cm³/mol. The second kappa shape index (κ2) is 11.1. The van der Waals surface area contributed by atoms with Gasteiger partial charge < -0.3 is 11.1 Å². The van der Waals surface area contributed by atoms with Crippen LogP contribution in [0, 0.1) is 17.6 Å². The van der Waals surface area contributed by atoms with Crippen molar-refractivity contribution in [3.8, 4) is 0 Å². The van der Waals surface area contributed by atoms with E-state index in [1.807, 2.05) is 17.1 Å². The van der Waals surface area contributed by atoms with E-state index in [1.165, 1.54) is 35.7 Å². The molecular formula is C28H29F2N7O4. The molecule has 2 atom stereocenters. The number of aryl methyl sites for hydroxylation is 1. The third kappa shape index (κ3) is 5.27. The van der Waals surface area contributed by atoms with Crippen molar-refractivity contribution >= 4 is 35.3 Å². The normalized spacial score (nSPS) is 17.4. The zero-order valence-corrected chi connectivity index (χ0v) is 22.5. The predicted octanol–water partition coefficient (Wildman–Crippen LogP) is 2.50. The Kier molecular flexibility index (Phi) is 7.54. The first-order valence-corrected chi connectivity index (χ1v) is 13.1. The number of hydrogen-bond donors (Lipinski definition) is 2. The molecule has 1 aromatic heterocycles. The van der Waals surface area contributed by atoms with Gasteiger partial charge in [0.2, 0.25) is 11.8 Å². The summed E-state index contributed by atoms with van der Waals surface area (Å²) in [5.41, 5.74) is 6.39. The van der Waals surface area contributed by atoms with Crippen LogP contribution in [0.1, 0.15) is 47.3 Å². The zero-order chi connectivity index (χ0) is 29.4. The number of carbonyl (C=O) groups excluding carboxylic acids is 4. The van der Waals surface area contributed by atoms with Crippen molar-refractivity contribution < 1.29 is 28.0 Å². The Morgan fingerprint density at radius 3 is 2.66 bits per heavy atom. The van der Waals surface area contributed by atoms with Crippen LogP contribution in [0.3, 0.4) is 0 Å². The molecule has 0 radical (unpaired) electrons. The van der Waals surface area contributed by atoms with Crippen molar-refractivity contribution in [2.45, 2.75) is 32.4 Å². The number of amides is 4. The highest BCUT2D eigenvalue weighted by molar-refractivity contribution is 6.05. The number of carbonyl (C=O) groups is 4. The number of nitrogens with two attached hydrogens (primary N) is 1. The number of halogens is 2. The van der Waals surface area contributed by atoms with Crippen LogP contribution in [-0.4, -0.2) is 56.5 Å². The minimum absolute atomic E-state index is 0.0610. The van der Waals surface area contributed by atoms with Crippen molar-refractivity contribution in [2.24, 2.45) is 18.7 Å². The van der Waals surface area contributed by atoms with Crippen LogP contribution in [-0.2, 0) is 28.0 Å². The van der Waals surface area contributed by atoms with Gasteiger partial charge in [0.1, 0.15) is 11.9 Å². The molecule has 4 amide bonds. The van der Waals surface area contributed by atoms with E-state index in [9.17, 15) is 28.0 Å². The van der Waals surface area contributed by atoms with Crippen LogP contribution < -0.4 is 16.0 Å². The number of fused-ring (bicyclic) bond motifs is 2. The van der Waals surface area contributed by atoms with Gasteiger partial charge in [0, 0.05) is 45.1 Å². The average molecular weight is 566 g/mol. The van der Waals surface area contributed by atoms with Gasteiger partial charge in [-0.25, -0.2) is 13.8 Å². The van der Waals surface area contributed by atoms with Crippen molar-refractivity contribution in [1.82, 2.24) is 19.8 Å². The Morgan fingerprint density at radius 1 is 1.15 bits per heavy atom. The molecule has 3 aromatic rings. The van der Waals surface area contributed by atoms with Gasteiger partial charge in [-0.2, -0.15) is 5.10 Å². The van der Waals surface area contributed by atoms with Gasteiger partial charge in [0.05, 0.1) is 5.56 Å². The van der Waals surface area contributed by atoms with Crippen molar-refractivity contribution in [3.05, 3.63) is 76.9 Å². The average Bonchev–Trinajstić information content (AvgIpc) is 3.51. The SMILES string of the molecule is C[C@H](CC(=O)N(c1cc(NC(=O)c2cccc(F)c2F)nn1C)[C@@H]1C(=O)N2CCCN2Cc2ccccc21)C(N)=O. The lowest BCUT2D eigenvalue weighted by Crippen LogP contribution is -2.48. The maximum atomic E-state index is 14.2. The smallest absolute Gasteiger partial charge is 0.264 e. The van der Waals surface area contributed by atoms with Crippen LogP contribution in [0.5, 0.6) is 0 Å². The molecule has 0 saturated carbocycles. The number of nitrogens with zero attached hydrogens (tertiary/aromatic N) is 5. The molecule has 0 unspecified atom stereocenters. The third-order valence-electron chi connectivity index (χ3n) is 7.35. The van der Waals surface area contributed by atoms with Crippen LogP contribution in [0.4, 0.5) is 20.4 Å². The first-order valence-electron chi connectivity index (χ1n) is 13.1. The van der Waals surface area contributed by atoms with Crippen LogP contribution in [0.2, 0.25) is 0 Å². The molecule has 214 valence electrons. The lowest BCUT2D eigenvalue weighted by Gasteiger charge is -2.34. The number of aromatic nitrogens is 2. The summed E-state index contributed by atoms with van der Waals surface area (Å²) >= 11 is 0. The summed E-state index contributed by atoms with van der Waals surface area (Å²) in [4.78, 5) is 53.9. The molecule has 1 fully saturated rings. The molecule has 0 aliphatic carbocycles. The Bertz CT molecular complexity index is 1540. The number of primary amides is 1. The highest BCUT2D eigenvalue weighted by Gasteiger charge is 2.43. The molecule has 13 heteroatoms. The molecule has 2 aliphatic heterocycles. The van der Waals surface area contributed by atoms with E-state index in [4.69, 9.17) is 5.73 Å². The minimum Gasteiger partial charge on any atom is -0.369 e. The van der Waals surface area contributed by atoms with E-state index in [0.717, 1.165) is 24.1 Å². The van der Waals surface area contributed by atoms with E-state index < -0.39 is 46.9 Å². The maximum absolute atomic E-state index is 14.2. The summed E-state index contributed by atoms with van der Waals surface area (Å²) in [6, 6.07) is 10.8. The maximum Gasteiger partial charge on any atom is 0.264 e. The Morgan fingerprint density at radius 2 is 1.90 bits per heavy atom. The second-order valence-corrected chi connectivity index (χ2v) is 10.1. The van der Waals surface area contributed by atoms with Gasteiger partial charge in [-0.15, -0.1) is 0 Å². The van der Waals surface area contributed by atoms with Gasteiger partial charge in [-0.05, 0) is 29.7 Å². The van der Waals surface area contributed by atoms with Crippen molar-refractivity contribution in [2.75, 3.05) is 23.3 Å². The highest BCUT2D eigenvalue weighted by Crippen LogP contribution is 2.37. The van der Waals surface area contributed by atoms with E-state index in [-0.39, 0.29) is 24.0 Å². The number of hydrogen-bond acceptors (Lipinski definition) is 6. The fourth-order valence-corrected chi connectivity index (χ4v) is 5.22. The molecule has 11 nitrogen and oxygen atoms in total. The summed E-state index contributed by atoms with van der Waals surface area (Å²) < 4.78 is 29.2. The Balaban J connectivity index is 1.58. The molecule has 5 rings (SSSR count). The summed E-state index contributed by atoms with van der Waals surface area (Å²) in [6.45, 7) is 3.16. The van der Waals surface area contributed by atoms with E-state index in [2.05, 4.69) is 10.4 Å². The third-order valence-corrected chi connectivity index (χ3v) is 7.35. The Hall–Kier alpha value is -4.65. The monoisotopic (exact) mass is 565 g/mol. The van der Waals surface area contributed by atoms with E-state index in [1.54, 1.807) is 17.1 Å². The van der Waals surface area contributed by atoms with Crippen molar-refractivity contribution in [3.63, 3.8) is 0 Å². The zero-order valence-electron chi connectivity index (χ0n) is 22.5. The number of rotatable bonds is 7. The number of benzene rings is 2. The Labute approximate surface area is 234 Å². The molecule has 3 heterocycles. The van der Waals surface area contributed by atoms with Crippen molar-refractivity contribution in [1.29, 1.82) is 0 Å². The lowest BCUT2D eigenvalue weighted by atomic mass is 9.97. The van der Waals surface area contributed by atoms with Crippen LogP contribution >= 0.6 is 0 Å². The molecular weight excluding hydrogens is 536 g/mol. The number of nitrogens with one attached hydrogen (secondary N) is 1. The van der Waals surface area contributed by atoms with Gasteiger partial charge >= 0.3 is 0 Å². The largest absolute Gasteiger partial charge is 0.369 e. The molecule has 2 aromatic carbocycles. The van der Waals surface area contributed by atoms with Gasteiger partial charge in [0.15, 0.2) is 17.5 Å². The standard InChI is InChI=1S/C28H29F2N7O4/c1-16(26(31)39)13-23(38)37(25-18-8-4-3-7-17(18)15-35-11-6-12-36(35)28(25)41)22-14-21(33-34(22)2)32-27(40)19-9-5-10-20(29)24(19)30/h3-5,7-10,14,16,25H,6,11-13,15H2,1-2H3,(H2,31,39)(H,32,33,40)/t16-,25+/m1/s1. The van der Waals surface area contributed by atoms with Gasteiger partial charge in [-0.1, -0.05) is 37.3 Å². The highest BCUT2D eigenvalue weighted by atomic mass is 19.2. The molecule has 2 aliphatic rings. The molecule has 41 heavy (non-hydrogen) atoms. The topological polar surface area (TPSA) is 134 Å². The van der Waals surface area contributed by atoms with E-state index >= 15 is 0 Å². The number of hydrazine groups is 1. The molecule has 0 bridgehead atoms. The molecule has 0 spiro atoms. The van der Waals surface area contributed by atoms with E-state index in [0.29, 0.717) is 25.2 Å². The second-order valence-electron chi connectivity index (χ2n) is 10.1. The van der Waals surface area contributed by atoms with Crippen LogP contribution in [0.15, 0.2) is 48.5 Å². The lowest BCUT2D eigenvalue weighted by molar-refractivity contribution is -0.146.